The first-order chi connectivity index (χ1) is 8.81. The predicted molar refractivity (Wildman–Crippen MR) is 70.8 cm³/mol. The first-order valence-corrected chi connectivity index (χ1v) is 5.55. The fourth-order valence-electron chi connectivity index (χ4n) is 1.63. The summed E-state index contributed by atoms with van der Waals surface area (Å²) in [7, 11) is 1.32. The molecule has 2 aromatic carbocycles. The molecule has 2 heteroatoms. The van der Waals surface area contributed by atoms with E-state index in [9.17, 15) is 4.79 Å². The van der Waals surface area contributed by atoms with Crippen LogP contribution in [-0.4, -0.2) is 13.1 Å². The molecule has 0 heterocycles. The van der Waals surface area contributed by atoms with Crippen molar-refractivity contribution in [3.05, 3.63) is 60.2 Å². The summed E-state index contributed by atoms with van der Waals surface area (Å²) in [5.41, 5.74) is 2.90. The third-order valence-electron chi connectivity index (χ3n) is 2.50. The van der Waals surface area contributed by atoms with Crippen LogP contribution in [-0.2, 0) is 9.53 Å². The van der Waals surface area contributed by atoms with Crippen molar-refractivity contribution >= 4 is 5.97 Å². The zero-order valence-corrected chi connectivity index (χ0v) is 10.0. The lowest BCUT2D eigenvalue weighted by Gasteiger charge is -2.03. The molecule has 0 atom stereocenters. The van der Waals surface area contributed by atoms with Gasteiger partial charge in [0.05, 0.1) is 7.11 Å². The zero-order valence-electron chi connectivity index (χ0n) is 10.0. The molecular formula is C16H12O2. The van der Waals surface area contributed by atoms with Crippen LogP contribution in [0.3, 0.4) is 0 Å². The minimum atomic E-state index is -0.530. The zero-order chi connectivity index (χ0) is 12.8. The summed E-state index contributed by atoms with van der Waals surface area (Å²) in [5.74, 6) is 4.76. The van der Waals surface area contributed by atoms with Crippen LogP contribution in [0.1, 0.15) is 5.56 Å². The number of ether oxygens (including phenoxy) is 1. The molecule has 0 spiro atoms. The van der Waals surface area contributed by atoms with Crippen LogP contribution in [0, 0.1) is 11.8 Å². The second-order valence-corrected chi connectivity index (χ2v) is 3.65. The molecule has 0 unspecified atom stereocenters. The van der Waals surface area contributed by atoms with Crippen molar-refractivity contribution in [3.63, 3.8) is 0 Å². The molecular weight excluding hydrogens is 224 g/mol. The molecule has 0 saturated heterocycles. The largest absolute Gasteiger partial charge is 0.459 e. The third kappa shape index (κ3) is 2.78. The van der Waals surface area contributed by atoms with Crippen molar-refractivity contribution in [2.75, 3.05) is 7.11 Å². The van der Waals surface area contributed by atoms with Crippen LogP contribution < -0.4 is 0 Å². The van der Waals surface area contributed by atoms with E-state index in [0.29, 0.717) is 0 Å². The lowest BCUT2D eigenvalue weighted by Crippen LogP contribution is -1.94. The molecule has 88 valence electrons. The Morgan fingerprint density at radius 2 is 1.67 bits per heavy atom. The van der Waals surface area contributed by atoms with E-state index in [1.165, 1.54) is 7.11 Å². The van der Waals surface area contributed by atoms with E-state index in [1.54, 1.807) is 0 Å². The van der Waals surface area contributed by atoms with Crippen molar-refractivity contribution in [1.29, 1.82) is 0 Å². The number of hydrogen-bond donors (Lipinski definition) is 0. The fourth-order valence-corrected chi connectivity index (χ4v) is 1.63. The van der Waals surface area contributed by atoms with Crippen LogP contribution in [0.5, 0.6) is 0 Å². The van der Waals surface area contributed by atoms with Crippen LogP contribution in [0.2, 0.25) is 0 Å². The molecule has 0 fully saturated rings. The number of hydrogen-bond acceptors (Lipinski definition) is 2. The molecule has 0 saturated carbocycles. The molecule has 0 radical (unpaired) electrons. The van der Waals surface area contributed by atoms with E-state index in [0.717, 1.165) is 16.7 Å². The molecule has 2 rings (SSSR count). The highest BCUT2D eigenvalue weighted by Crippen LogP contribution is 2.22. The Labute approximate surface area is 106 Å². The molecule has 18 heavy (non-hydrogen) atoms. The van der Waals surface area contributed by atoms with E-state index < -0.39 is 5.97 Å². The first kappa shape index (κ1) is 11.9. The van der Waals surface area contributed by atoms with Gasteiger partial charge < -0.3 is 4.74 Å². The maximum atomic E-state index is 11.0. The van der Waals surface area contributed by atoms with Gasteiger partial charge in [0, 0.05) is 11.5 Å². The molecule has 0 amide bonds. The Balaban J connectivity index is 2.43. The highest BCUT2D eigenvalue weighted by Gasteiger charge is 2.01. The molecule has 0 N–H and O–H groups in total. The standard InChI is InChI=1S/C16H12O2/c1-18-16(17)12-11-14-9-5-6-10-15(14)13-7-3-2-4-8-13/h2-10H,1H3. The summed E-state index contributed by atoms with van der Waals surface area (Å²) in [6.07, 6.45) is 0. The molecule has 0 aliphatic rings. The molecule has 0 aromatic heterocycles. The van der Waals surface area contributed by atoms with Gasteiger partial charge >= 0.3 is 5.97 Å². The Bertz CT molecular complexity index is 604. The summed E-state index contributed by atoms with van der Waals surface area (Å²) in [6.45, 7) is 0. The highest BCUT2D eigenvalue weighted by atomic mass is 16.5. The molecule has 0 aliphatic carbocycles. The predicted octanol–water partition coefficient (Wildman–Crippen LogP) is 2.88. The molecule has 0 bridgehead atoms. The van der Waals surface area contributed by atoms with Crippen molar-refractivity contribution < 1.29 is 9.53 Å². The summed E-state index contributed by atoms with van der Waals surface area (Å²) >= 11 is 0. The summed E-state index contributed by atoms with van der Waals surface area (Å²) in [5, 5.41) is 0. The third-order valence-corrected chi connectivity index (χ3v) is 2.50. The second-order valence-electron chi connectivity index (χ2n) is 3.65. The number of rotatable bonds is 1. The average Bonchev–Trinajstić information content (AvgIpc) is 2.46. The van der Waals surface area contributed by atoms with E-state index in [1.807, 2.05) is 54.6 Å². The minimum Gasteiger partial charge on any atom is -0.459 e. The van der Waals surface area contributed by atoms with Crippen LogP contribution >= 0.6 is 0 Å². The van der Waals surface area contributed by atoms with Crippen LogP contribution in [0.4, 0.5) is 0 Å². The fraction of sp³-hybridized carbons (Fsp3) is 0.0625. The van der Waals surface area contributed by atoms with Gasteiger partial charge in [-0.25, -0.2) is 4.79 Å². The summed E-state index contributed by atoms with van der Waals surface area (Å²) < 4.78 is 4.50. The van der Waals surface area contributed by atoms with Gasteiger partial charge in [0.1, 0.15) is 0 Å². The van der Waals surface area contributed by atoms with Gasteiger partial charge in [-0.2, -0.15) is 0 Å². The number of carbonyl (C=O) groups is 1. The van der Waals surface area contributed by atoms with Crippen molar-refractivity contribution in [2.24, 2.45) is 0 Å². The second kappa shape index (κ2) is 5.70. The Morgan fingerprint density at radius 1 is 1.00 bits per heavy atom. The van der Waals surface area contributed by atoms with Crippen molar-refractivity contribution in [1.82, 2.24) is 0 Å². The number of esters is 1. The molecule has 2 aromatic rings. The molecule has 2 nitrogen and oxygen atoms in total. The van der Waals surface area contributed by atoms with E-state index >= 15 is 0 Å². The van der Waals surface area contributed by atoms with Gasteiger partial charge in [-0.1, -0.05) is 54.5 Å². The quantitative estimate of drug-likeness (QED) is 0.562. The first-order valence-electron chi connectivity index (χ1n) is 5.55. The van der Waals surface area contributed by atoms with E-state index in [-0.39, 0.29) is 0 Å². The summed E-state index contributed by atoms with van der Waals surface area (Å²) in [4.78, 5) is 11.0. The maximum Gasteiger partial charge on any atom is 0.384 e. The number of carbonyl (C=O) groups excluding carboxylic acids is 1. The van der Waals surface area contributed by atoms with Gasteiger partial charge in [0.25, 0.3) is 0 Å². The number of benzene rings is 2. The average molecular weight is 236 g/mol. The van der Waals surface area contributed by atoms with Gasteiger partial charge in [-0.05, 0) is 17.2 Å². The van der Waals surface area contributed by atoms with Gasteiger partial charge in [-0.15, -0.1) is 0 Å². The Hall–Kier alpha value is -2.53. The topological polar surface area (TPSA) is 26.3 Å². The van der Waals surface area contributed by atoms with Crippen molar-refractivity contribution in [3.8, 4) is 23.0 Å². The Kier molecular flexibility index (Phi) is 3.78. The monoisotopic (exact) mass is 236 g/mol. The maximum absolute atomic E-state index is 11.0. The SMILES string of the molecule is COC(=O)C#Cc1ccccc1-c1ccccc1. The highest BCUT2D eigenvalue weighted by molar-refractivity contribution is 5.89. The van der Waals surface area contributed by atoms with Gasteiger partial charge in [-0.3, -0.25) is 0 Å². The van der Waals surface area contributed by atoms with Crippen LogP contribution in [0.15, 0.2) is 54.6 Å². The normalized spacial score (nSPS) is 9.17. The lowest BCUT2D eigenvalue weighted by atomic mass is 10.0. The smallest absolute Gasteiger partial charge is 0.384 e. The summed E-state index contributed by atoms with van der Waals surface area (Å²) in [6, 6.07) is 17.7. The van der Waals surface area contributed by atoms with Crippen LogP contribution in [0.25, 0.3) is 11.1 Å². The van der Waals surface area contributed by atoms with Gasteiger partial charge in [0.15, 0.2) is 0 Å². The van der Waals surface area contributed by atoms with Crippen molar-refractivity contribution in [2.45, 2.75) is 0 Å². The van der Waals surface area contributed by atoms with Gasteiger partial charge in [0.2, 0.25) is 0 Å². The Morgan fingerprint density at radius 3 is 2.39 bits per heavy atom. The minimum absolute atomic E-state index is 0.530. The number of methoxy groups -OCH3 is 1. The lowest BCUT2D eigenvalue weighted by molar-refractivity contribution is -0.133. The van der Waals surface area contributed by atoms with E-state index in [4.69, 9.17) is 0 Å². The molecule has 0 aliphatic heterocycles. The van der Waals surface area contributed by atoms with E-state index in [2.05, 4.69) is 16.6 Å².